The van der Waals surface area contributed by atoms with E-state index in [-0.39, 0.29) is 17.8 Å². The number of ether oxygens (including phenoxy) is 1. The molecule has 2 aromatic carbocycles. The highest BCUT2D eigenvalue weighted by molar-refractivity contribution is 5.90. The van der Waals surface area contributed by atoms with E-state index >= 15 is 0 Å². The van der Waals surface area contributed by atoms with Gasteiger partial charge in [0.1, 0.15) is 11.2 Å². The second-order valence-corrected chi connectivity index (χ2v) is 4.51. The van der Waals surface area contributed by atoms with Crippen molar-refractivity contribution in [3.05, 3.63) is 58.3 Å². The van der Waals surface area contributed by atoms with Gasteiger partial charge in [-0.25, -0.2) is 0 Å². The number of carbonyl (C=O) groups is 1. The lowest BCUT2D eigenvalue weighted by Gasteiger charge is -2.04. The van der Waals surface area contributed by atoms with Crippen molar-refractivity contribution in [2.75, 3.05) is 7.11 Å². The molecule has 0 atom stereocenters. The minimum Gasteiger partial charge on any atom is -0.469 e. The van der Waals surface area contributed by atoms with E-state index in [0.717, 1.165) is 5.56 Å². The van der Waals surface area contributed by atoms with Crippen LogP contribution >= 0.6 is 0 Å². The maximum atomic E-state index is 12.4. The lowest BCUT2D eigenvalue weighted by Crippen LogP contribution is -2.06. The van der Waals surface area contributed by atoms with Gasteiger partial charge in [-0.3, -0.25) is 9.59 Å². The first-order valence-electron chi connectivity index (χ1n) is 6.20. The Morgan fingerprint density at radius 1 is 1.10 bits per heavy atom. The van der Waals surface area contributed by atoms with Crippen LogP contribution in [0.1, 0.15) is 5.56 Å². The molecule has 0 fully saturated rings. The van der Waals surface area contributed by atoms with Gasteiger partial charge in [-0.15, -0.1) is 0 Å². The molecule has 1 aromatic heterocycles. The van der Waals surface area contributed by atoms with Crippen LogP contribution in [0.5, 0.6) is 0 Å². The zero-order valence-electron chi connectivity index (χ0n) is 10.9. The summed E-state index contributed by atoms with van der Waals surface area (Å²) in [5.41, 5.74) is 1.72. The summed E-state index contributed by atoms with van der Waals surface area (Å²) in [5.74, 6) is -0.338. The monoisotopic (exact) mass is 268 g/mol. The number of fused-ring (bicyclic) bond motifs is 2. The molecule has 1 heterocycles. The first kappa shape index (κ1) is 12.4. The topological polar surface area (TPSA) is 56.5 Å². The molecule has 0 N–H and O–H groups in total. The zero-order chi connectivity index (χ0) is 14.1. The van der Waals surface area contributed by atoms with Crippen molar-refractivity contribution in [2.24, 2.45) is 0 Å². The molecule has 0 bridgehead atoms. The Morgan fingerprint density at radius 3 is 2.65 bits per heavy atom. The Balaban J connectivity index is 2.23. The Labute approximate surface area is 114 Å². The van der Waals surface area contributed by atoms with Crippen LogP contribution in [-0.2, 0) is 16.0 Å². The number of hydrogen-bond donors (Lipinski definition) is 0. The van der Waals surface area contributed by atoms with E-state index < -0.39 is 0 Å². The third kappa shape index (κ3) is 2.05. The Hall–Kier alpha value is -2.62. The second-order valence-electron chi connectivity index (χ2n) is 4.51. The number of hydrogen-bond acceptors (Lipinski definition) is 4. The number of para-hydroxylation sites is 1. The average molecular weight is 268 g/mol. The SMILES string of the molecule is COC(=O)Cc1ccc2oc3ccccc3c(=O)c2c1. The molecule has 100 valence electrons. The molecule has 0 amide bonds. The Bertz CT molecular complexity index is 861. The predicted molar refractivity (Wildman–Crippen MR) is 75.7 cm³/mol. The summed E-state index contributed by atoms with van der Waals surface area (Å²) in [5, 5.41) is 1.01. The van der Waals surface area contributed by atoms with Gasteiger partial charge in [0.2, 0.25) is 5.43 Å². The van der Waals surface area contributed by atoms with Gasteiger partial charge < -0.3 is 9.15 Å². The van der Waals surface area contributed by atoms with Crippen LogP contribution in [0.25, 0.3) is 21.9 Å². The Morgan fingerprint density at radius 2 is 1.85 bits per heavy atom. The summed E-state index contributed by atoms with van der Waals surface area (Å²) in [7, 11) is 1.34. The maximum absolute atomic E-state index is 12.4. The van der Waals surface area contributed by atoms with Crippen molar-refractivity contribution in [1.82, 2.24) is 0 Å². The van der Waals surface area contributed by atoms with Crippen LogP contribution in [0.3, 0.4) is 0 Å². The van der Waals surface area contributed by atoms with E-state index in [1.54, 1.807) is 36.4 Å². The fourth-order valence-electron chi connectivity index (χ4n) is 2.20. The van der Waals surface area contributed by atoms with Gasteiger partial charge in [-0.2, -0.15) is 0 Å². The summed E-state index contributed by atoms with van der Waals surface area (Å²) in [6.45, 7) is 0. The van der Waals surface area contributed by atoms with Gasteiger partial charge in [0.05, 0.1) is 24.3 Å². The fourth-order valence-corrected chi connectivity index (χ4v) is 2.20. The largest absolute Gasteiger partial charge is 0.469 e. The van der Waals surface area contributed by atoms with E-state index in [0.29, 0.717) is 21.9 Å². The number of benzene rings is 2. The van der Waals surface area contributed by atoms with E-state index in [1.165, 1.54) is 7.11 Å². The summed E-state index contributed by atoms with van der Waals surface area (Å²) < 4.78 is 10.3. The molecule has 0 saturated heterocycles. The quantitative estimate of drug-likeness (QED) is 0.529. The fraction of sp³-hybridized carbons (Fsp3) is 0.125. The third-order valence-electron chi connectivity index (χ3n) is 3.22. The lowest BCUT2D eigenvalue weighted by molar-refractivity contribution is -0.139. The molecular weight excluding hydrogens is 256 g/mol. The molecule has 0 spiro atoms. The highest BCUT2D eigenvalue weighted by Gasteiger charge is 2.09. The van der Waals surface area contributed by atoms with Gasteiger partial charge in [0.15, 0.2) is 0 Å². The molecule has 0 aliphatic carbocycles. The van der Waals surface area contributed by atoms with Crippen LogP contribution in [0, 0.1) is 0 Å². The van der Waals surface area contributed by atoms with Crippen molar-refractivity contribution in [3.63, 3.8) is 0 Å². The zero-order valence-corrected chi connectivity index (χ0v) is 10.9. The van der Waals surface area contributed by atoms with Crippen LogP contribution in [0.4, 0.5) is 0 Å². The number of rotatable bonds is 2. The molecule has 0 aliphatic rings. The summed E-state index contributed by atoms with van der Waals surface area (Å²) >= 11 is 0. The Kier molecular flexibility index (Phi) is 2.99. The first-order chi connectivity index (χ1) is 9.69. The molecule has 4 nitrogen and oxygen atoms in total. The molecule has 0 aliphatic heterocycles. The van der Waals surface area contributed by atoms with E-state index in [2.05, 4.69) is 4.74 Å². The average Bonchev–Trinajstić information content (AvgIpc) is 2.48. The van der Waals surface area contributed by atoms with Crippen LogP contribution in [0.15, 0.2) is 51.7 Å². The summed E-state index contributed by atoms with van der Waals surface area (Å²) in [6.07, 6.45) is 0.138. The molecule has 4 heteroatoms. The second kappa shape index (κ2) is 4.81. The molecule has 0 radical (unpaired) electrons. The number of methoxy groups -OCH3 is 1. The molecule has 3 aromatic rings. The highest BCUT2D eigenvalue weighted by Crippen LogP contribution is 2.19. The maximum Gasteiger partial charge on any atom is 0.309 e. The van der Waals surface area contributed by atoms with Crippen molar-refractivity contribution in [2.45, 2.75) is 6.42 Å². The van der Waals surface area contributed by atoms with Crippen molar-refractivity contribution >= 4 is 27.9 Å². The minimum atomic E-state index is -0.338. The lowest BCUT2D eigenvalue weighted by atomic mass is 10.1. The normalized spacial score (nSPS) is 10.8. The standard InChI is InChI=1S/C16H12O4/c1-19-15(17)9-10-6-7-14-12(8-10)16(18)11-4-2-3-5-13(11)20-14/h2-8H,9H2,1H3. The van der Waals surface area contributed by atoms with Crippen molar-refractivity contribution in [3.8, 4) is 0 Å². The van der Waals surface area contributed by atoms with Crippen molar-refractivity contribution < 1.29 is 13.9 Å². The van der Waals surface area contributed by atoms with Gasteiger partial charge in [-0.05, 0) is 29.8 Å². The molecule has 0 unspecified atom stereocenters. The molecule has 3 rings (SSSR count). The first-order valence-corrected chi connectivity index (χ1v) is 6.20. The van der Waals surface area contributed by atoms with Crippen LogP contribution in [0.2, 0.25) is 0 Å². The smallest absolute Gasteiger partial charge is 0.309 e. The highest BCUT2D eigenvalue weighted by atomic mass is 16.5. The number of carbonyl (C=O) groups excluding carboxylic acids is 1. The van der Waals surface area contributed by atoms with Gasteiger partial charge in [0, 0.05) is 0 Å². The minimum absolute atomic E-state index is 0.0893. The molecule has 20 heavy (non-hydrogen) atoms. The van der Waals surface area contributed by atoms with Crippen molar-refractivity contribution in [1.29, 1.82) is 0 Å². The van der Waals surface area contributed by atoms with Crippen LogP contribution in [-0.4, -0.2) is 13.1 Å². The summed E-state index contributed by atoms with van der Waals surface area (Å²) in [6, 6.07) is 12.3. The van der Waals surface area contributed by atoms with Gasteiger partial charge in [0.25, 0.3) is 0 Å². The predicted octanol–water partition coefficient (Wildman–Crippen LogP) is 2.66. The van der Waals surface area contributed by atoms with E-state index in [9.17, 15) is 9.59 Å². The summed E-state index contributed by atoms with van der Waals surface area (Å²) in [4.78, 5) is 23.7. The molecular formula is C16H12O4. The third-order valence-corrected chi connectivity index (χ3v) is 3.22. The van der Waals surface area contributed by atoms with E-state index in [1.807, 2.05) is 6.07 Å². The molecule has 0 saturated carbocycles. The van der Waals surface area contributed by atoms with Gasteiger partial charge >= 0.3 is 5.97 Å². The number of esters is 1. The van der Waals surface area contributed by atoms with E-state index in [4.69, 9.17) is 4.42 Å². The van der Waals surface area contributed by atoms with Gasteiger partial charge in [-0.1, -0.05) is 18.2 Å². The van der Waals surface area contributed by atoms with Crippen LogP contribution < -0.4 is 5.43 Å².